The SMILES string of the molecule is CC(C)(N)c1ncc(-c2ccc(Cl)cc2Cl)[nH]1. The summed E-state index contributed by atoms with van der Waals surface area (Å²) in [6.07, 6.45) is 1.72. The molecule has 1 heterocycles. The number of halogens is 2. The Labute approximate surface area is 110 Å². The fourth-order valence-electron chi connectivity index (χ4n) is 1.49. The third-order valence-corrected chi connectivity index (χ3v) is 2.96. The van der Waals surface area contributed by atoms with Crippen molar-refractivity contribution in [3.63, 3.8) is 0 Å². The van der Waals surface area contributed by atoms with E-state index in [9.17, 15) is 0 Å². The van der Waals surface area contributed by atoms with Gasteiger partial charge < -0.3 is 10.7 Å². The Bertz CT molecular complexity index is 541. The van der Waals surface area contributed by atoms with E-state index in [0.29, 0.717) is 10.0 Å². The van der Waals surface area contributed by atoms with Gasteiger partial charge in [-0.25, -0.2) is 4.98 Å². The molecule has 0 atom stereocenters. The Morgan fingerprint density at radius 2 is 2.00 bits per heavy atom. The molecule has 2 rings (SSSR count). The van der Waals surface area contributed by atoms with Gasteiger partial charge in [-0.15, -0.1) is 0 Å². The number of nitrogens with zero attached hydrogens (tertiary/aromatic N) is 1. The summed E-state index contributed by atoms with van der Waals surface area (Å²) < 4.78 is 0. The van der Waals surface area contributed by atoms with Gasteiger partial charge in [-0.05, 0) is 32.0 Å². The van der Waals surface area contributed by atoms with E-state index in [4.69, 9.17) is 28.9 Å². The molecule has 0 saturated carbocycles. The quantitative estimate of drug-likeness (QED) is 0.876. The number of H-pyrrole nitrogens is 1. The first-order valence-corrected chi connectivity index (χ1v) is 5.93. The monoisotopic (exact) mass is 269 g/mol. The molecule has 90 valence electrons. The third kappa shape index (κ3) is 2.63. The maximum absolute atomic E-state index is 6.12. The highest BCUT2D eigenvalue weighted by atomic mass is 35.5. The first-order valence-electron chi connectivity index (χ1n) is 5.18. The van der Waals surface area contributed by atoms with Crippen LogP contribution in [0.5, 0.6) is 0 Å². The van der Waals surface area contributed by atoms with Gasteiger partial charge in [0, 0.05) is 10.6 Å². The second-order valence-corrected chi connectivity index (χ2v) is 5.33. The van der Waals surface area contributed by atoms with Crippen molar-refractivity contribution in [2.75, 3.05) is 0 Å². The van der Waals surface area contributed by atoms with Crippen molar-refractivity contribution in [3.8, 4) is 11.3 Å². The molecular formula is C12H13Cl2N3. The molecule has 0 aliphatic rings. The standard InChI is InChI=1S/C12H13Cl2N3/c1-12(2,15)11-16-6-10(17-11)8-4-3-7(13)5-9(8)14/h3-6H,15H2,1-2H3,(H,16,17). The Morgan fingerprint density at radius 1 is 1.29 bits per heavy atom. The van der Waals surface area contributed by atoms with E-state index in [1.807, 2.05) is 19.9 Å². The number of nitrogens with two attached hydrogens (primary N) is 1. The van der Waals surface area contributed by atoms with Gasteiger partial charge in [0.05, 0.1) is 22.5 Å². The summed E-state index contributed by atoms with van der Waals surface area (Å²) in [5.41, 5.74) is 7.15. The predicted molar refractivity (Wildman–Crippen MR) is 71.3 cm³/mol. The van der Waals surface area contributed by atoms with Crippen LogP contribution < -0.4 is 5.73 Å². The van der Waals surface area contributed by atoms with E-state index in [-0.39, 0.29) is 0 Å². The lowest BCUT2D eigenvalue weighted by Gasteiger charge is -2.14. The van der Waals surface area contributed by atoms with Crippen molar-refractivity contribution in [2.24, 2.45) is 5.73 Å². The molecule has 0 radical (unpaired) electrons. The van der Waals surface area contributed by atoms with Crippen LogP contribution in [-0.4, -0.2) is 9.97 Å². The summed E-state index contributed by atoms with van der Waals surface area (Å²) in [4.78, 5) is 7.42. The molecule has 1 aromatic heterocycles. The van der Waals surface area contributed by atoms with Gasteiger partial charge in [0.1, 0.15) is 5.82 Å². The highest BCUT2D eigenvalue weighted by Crippen LogP contribution is 2.29. The van der Waals surface area contributed by atoms with Crippen molar-refractivity contribution in [1.29, 1.82) is 0 Å². The lowest BCUT2D eigenvalue weighted by Crippen LogP contribution is -2.30. The van der Waals surface area contributed by atoms with Crippen LogP contribution in [0.1, 0.15) is 19.7 Å². The third-order valence-electron chi connectivity index (χ3n) is 2.41. The second kappa shape index (κ2) is 4.33. The highest BCUT2D eigenvalue weighted by molar-refractivity contribution is 6.36. The normalized spacial score (nSPS) is 11.8. The lowest BCUT2D eigenvalue weighted by molar-refractivity contribution is 0.520. The van der Waals surface area contributed by atoms with E-state index in [1.54, 1.807) is 18.3 Å². The summed E-state index contributed by atoms with van der Waals surface area (Å²) in [6.45, 7) is 3.78. The van der Waals surface area contributed by atoms with Crippen LogP contribution in [-0.2, 0) is 5.54 Å². The summed E-state index contributed by atoms with van der Waals surface area (Å²) in [5, 5.41) is 1.19. The molecule has 2 aromatic rings. The van der Waals surface area contributed by atoms with Crippen molar-refractivity contribution in [2.45, 2.75) is 19.4 Å². The zero-order chi connectivity index (χ0) is 12.6. The number of aromatic amines is 1. The Morgan fingerprint density at radius 3 is 2.53 bits per heavy atom. The van der Waals surface area contributed by atoms with E-state index in [2.05, 4.69) is 9.97 Å². The molecule has 0 aliphatic heterocycles. The van der Waals surface area contributed by atoms with Gasteiger partial charge in [-0.1, -0.05) is 23.2 Å². The molecular weight excluding hydrogens is 257 g/mol. The summed E-state index contributed by atoms with van der Waals surface area (Å²) in [6, 6.07) is 5.34. The van der Waals surface area contributed by atoms with Crippen LogP contribution in [0.3, 0.4) is 0 Å². The number of hydrogen-bond donors (Lipinski definition) is 2. The van der Waals surface area contributed by atoms with Gasteiger partial charge in [0.25, 0.3) is 0 Å². The number of aromatic nitrogens is 2. The van der Waals surface area contributed by atoms with Gasteiger partial charge in [-0.3, -0.25) is 0 Å². The molecule has 0 amide bonds. The van der Waals surface area contributed by atoms with E-state index >= 15 is 0 Å². The molecule has 1 aromatic carbocycles. The van der Waals surface area contributed by atoms with Crippen molar-refractivity contribution >= 4 is 23.2 Å². The molecule has 0 fully saturated rings. The Kier molecular flexibility index (Phi) is 3.17. The number of imidazole rings is 1. The van der Waals surface area contributed by atoms with E-state index < -0.39 is 5.54 Å². The number of nitrogens with one attached hydrogen (secondary N) is 1. The van der Waals surface area contributed by atoms with Crippen molar-refractivity contribution in [3.05, 3.63) is 40.3 Å². The minimum absolute atomic E-state index is 0.503. The average molecular weight is 270 g/mol. The molecule has 0 bridgehead atoms. The minimum atomic E-state index is -0.503. The first-order chi connectivity index (χ1) is 7.88. The predicted octanol–water partition coefficient (Wildman–Crippen LogP) is 3.58. The van der Waals surface area contributed by atoms with Crippen molar-refractivity contribution in [1.82, 2.24) is 9.97 Å². The summed E-state index contributed by atoms with van der Waals surface area (Å²) in [5.74, 6) is 0.721. The van der Waals surface area contributed by atoms with Crippen LogP contribution in [0.25, 0.3) is 11.3 Å². The van der Waals surface area contributed by atoms with Crippen LogP contribution in [0, 0.1) is 0 Å². The van der Waals surface area contributed by atoms with Crippen molar-refractivity contribution < 1.29 is 0 Å². The molecule has 0 unspecified atom stereocenters. The van der Waals surface area contributed by atoms with E-state index in [0.717, 1.165) is 17.1 Å². The van der Waals surface area contributed by atoms with Crippen LogP contribution >= 0.6 is 23.2 Å². The van der Waals surface area contributed by atoms with E-state index in [1.165, 1.54) is 0 Å². The fourth-order valence-corrected chi connectivity index (χ4v) is 2.00. The summed E-state index contributed by atoms with van der Waals surface area (Å²) >= 11 is 12.0. The molecule has 0 spiro atoms. The van der Waals surface area contributed by atoms with Gasteiger partial charge in [-0.2, -0.15) is 0 Å². The number of hydrogen-bond acceptors (Lipinski definition) is 2. The molecule has 0 aliphatic carbocycles. The molecule has 0 saturated heterocycles. The average Bonchev–Trinajstić information content (AvgIpc) is 2.65. The van der Waals surface area contributed by atoms with Gasteiger partial charge in [0.2, 0.25) is 0 Å². The van der Waals surface area contributed by atoms with Crippen LogP contribution in [0.2, 0.25) is 10.0 Å². The van der Waals surface area contributed by atoms with Crippen LogP contribution in [0.4, 0.5) is 0 Å². The highest BCUT2D eigenvalue weighted by Gasteiger charge is 2.18. The first kappa shape index (κ1) is 12.4. The topological polar surface area (TPSA) is 54.7 Å². The largest absolute Gasteiger partial charge is 0.340 e. The summed E-state index contributed by atoms with van der Waals surface area (Å²) in [7, 11) is 0. The maximum atomic E-state index is 6.12. The second-order valence-electron chi connectivity index (χ2n) is 4.49. The number of benzene rings is 1. The lowest BCUT2D eigenvalue weighted by atomic mass is 10.1. The zero-order valence-electron chi connectivity index (χ0n) is 9.59. The molecule has 3 nitrogen and oxygen atoms in total. The van der Waals surface area contributed by atoms with Gasteiger partial charge >= 0.3 is 0 Å². The smallest absolute Gasteiger partial charge is 0.126 e. The fraction of sp³-hybridized carbons (Fsp3) is 0.250. The number of rotatable bonds is 2. The zero-order valence-corrected chi connectivity index (χ0v) is 11.1. The Balaban J connectivity index is 2.44. The maximum Gasteiger partial charge on any atom is 0.126 e. The molecule has 17 heavy (non-hydrogen) atoms. The van der Waals surface area contributed by atoms with Gasteiger partial charge in [0.15, 0.2) is 0 Å². The molecule has 3 N–H and O–H groups in total. The molecule has 5 heteroatoms. The van der Waals surface area contributed by atoms with Crippen LogP contribution in [0.15, 0.2) is 24.4 Å². The Hall–Kier alpha value is -1.03. The minimum Gasteiger partial charge on any atom is -0.340 e.